The van der Waals surface area contributed by atoms with Gasteiger partial charge in [-0.05, 0) is 24.4 Å². The highest BCUT2D eigenvalue weighted by atomic mass is 32.1. The molecule has 1 aromatic heterocycles. The molecule has 0 aliphatic heterocycles. The van der Waals surface area contributed by atoms with E-state index in [-0.39, 0.29) is 5.69 Å². The van der Waals surface area contributed by atoms with Crippen molar-refractivity contribution in [1.29, 1.82) is 0 Å². The molecule has 0 amide bonds. The van der Waals surface area contributed by atoms with Crippen molar-refractivity contribution in [2.75, 3.05) is 19.0 Å². The minimum absolute atomic E-state index is 0.0644. The molecule has 0 fully saturated rings. The van der Waals surface area contributed by atoms with Gasteiger partial charge in [-0.3, -0.25) is 14.7 Å². The van der Waals surface area contributed by atoms with E-state index in [4.69, 9.17) is 12.2 Å². The lowest BCUT2D eigenvalue weighted by Crippen LogP contribution is -2.09. The summed E-state index contributed by atoms with van der Waals surface area (Å²) in [5.74, 6) is 0. The molecular formula is C17H15N3O2S2. The zero-order valence-corrected chi connectivity index (χ0v) is 14.8. The van der Waals surface area contributed by atoms with Gasteiger partial charge in [0.15, 0.2) is 3.95 Å². The fourth-order valence-corrected chi connectivity index (χ4v) is 3.85. The van der Waals surface area contributed by atoms with Gasteiger partial charge in [0.25, 0.3) is 5.69 Å². The molecule has 0 saturated carbocycles. The molecule has 5 nitrogen and oxygen atoms in total. The first kappa shape index (κ1) is 16.4. The van der Waals surface area contributed by atoms with Crippen LogP contribution in [0, 0.1) is 14.1 Å². The number of anilines is 1. The fourth-order valence-electron chi connectivity index (χ4n) is 2.47. The third-order valence-electron chi connectivity index (χ3n) is 3.56. The van der Waals surface area contributed by atoms with Crippen molar-refractivity contribution in [3.63, 3.8) is 0 Å². The first-order valence-corrected chi connectivity index (χ1v) is 8.45. The van der Waals surface area contributed by atoms with E-state index < -0.39 is 4.92 Å². The van der Waals surface area contributed by atoms with Gasteiger partial charge in [0.05, 0.1) is 10.6 Å². The first-order chi connectivity index (χ1) is 11.5. The van der Waals surface area contributed by atoms with Crippen molar-refractivity contribution in [1.82, 2.24) is 4.57 Å². The zero-order chi connectivity index (χ0) is 17.3. The monoisotopic (exact) mass is 357 g/mol. The topological polar surface area (TPSA) is 51.3 Å². The van der Waals surface area contributed by atoms with Crippen LogP contribution in [0.3, 0.4) is 0 Å². The predicted molar refractivity (Wildman–Crippen MR) is 101 cm³/mol. The van der Waals surface area contributed by atoms with E-state index in [0.717, 1.165) is 21.9 Å². The fraction of sp³-hybridized carbons (Fsp3) is 0.118. The second-order valence-electron chi connectivity index (χ2n) is 5.39. The second-order valence-corrected chi connectivity index (χ2v) is 7.01. The number of nitro benzene ring substituents is 1. The van der Waals surface area contributed by atoms with Gasteiger partial charge in [-0.15, -0.1) is 0 Å². The van der Waals surface area contributed by atoms with Crippen molar-refractivity contribution < 1.29 is 4.92 Å². The van der Waals surface area contributed by atoms with Crippen molar-refractivity contribution >= 4 is 34.2 Å². The van der Waals surface area contributed by atoms with Crippen molar-refractivity contribution in [3.05, 3.63) is 68.7 Å². The number of non-ortho nitro benzene ring substituents is 1. The molecule has 7 heteroatoms. The summed E-state index contributed by atoms with van der Waals surface area (Å²) in [6.07, 6.45) is 0. The van der Waals surface area contributed by atoms with Crippen molar-refractivity contribution in [2.45, 2.75) is 0 Å². The Morgan fingerprint density at radius 3 is 2.25 bits per heavy atom. The lowest BCUT2D eigenvalue weighted by molar-refractivity contribution is -0.384. The quantitative estimate of drug-likeness (QED) is 0.378. The van der Waals surface area contributed by atoms with E-state index in [0.29, 0.717) is 3.95 Å². The molecule has 0 bridgehead atoms. The van der Waals surface area contributed by atoms with Gasteiger partial charge >= 0.3 is 0 Å². The number of nitrogens with zero attached hydrogens (tertiary/aromatic N) is 3. The highest BCUT2D eigenvalue weighted by Gasteiger charge is 2.18. The van der Waals surface area contributed by atoms with E-state index in [1.165, 1.54) is 23.5 Å². The van der Waals surface area contributed by atoms with Crippen LogP contribution in [0.2, 0.25) is 0 Å². The van der Waals surface area contributed by atoms with Crippen molar-refractivity contribution in [3.8, 4) is 16.9 Å². The Labute approximate surface area is 148 Å². The number of nitro groups is 1. The summed E-state index contributed by atoms with van der Waals surface area (Å²) in [6, 6.07) is 16.5. The van der Waals surface area contributed by atoms with E-state index >= 15 is 0 Å². The Balaban J connectivity index is 2.24. The third kappa shape index (κ3) is 2.95. The Kier molecular flexibility index (Phi) is 4.46. The molecule has 1 heterocycles. The largest absolute Gasteiger partial charge is 0.368 e. The van der Waals surface area contributed by atoms with Gasteiger partial charge in [-0.25, -0.2) is 0 Å². The van der Waals surface area contributed by atoms with E-state index in [2.05, 4.69) is 0 Å². The Morgan fingerprint density at radius 1 is 1.08 bits per heavy atom. The number of benzene rings is 2. The maximum absolute atomic E-state index is 10.9. The third-order valence-corrected chi connectivity index (χ3v) is 5.11. The SMILES string of the molecule is CN(C)c1sc(=S)n(-c2ccc([N+](=O)[O-])cc2)c1-c1ccccc1. The van der Waals surface area contributed by atoms with Crippen LogP contribution in [0.4, 0.5) is 10.7 Å². The molecule has 24 heavy (non-hydrogen) atoms. The summed E-state index contributed by atoms with van der Waals surface area (Å²) in [7, 11) is 3.96. The molecule has 3 rings (SSSR count). The van der Waals surface area contributed by atoms with Crippen LogP contribution >= 0.6 is 23.6 Å². The van der Waals surface area contributed by atoms with Crippen LogP contribution in [0.1, 0.15) is 0 Å². The molecule has 122 valence electrons. The maximum Gasteiger partial charge on any atom is 0.269 e. The smallest absolute Gasteiger partial charge is 0.269 e. The van der Waals surface area contributed by atoms with E-state index in [1.54, 1.807) is 12.1 Å². The molecule has 0 N–H and O–H groups in total. The van der Waals surface area contributed by atoms with Gasteiger partial charge < -0.3 is 4.90 Å². The minimum atomic E-state index is -0.403. The lowest BCUT2D eigenvalue weighted by Gasteiger charge is -2.15. The molecule has 0 atom stereocenters. The van der Waals surface area contributed by atoms with Gasteiger partial charge in [-0.2, -0.15) is 0 Å². The molecule has 0 aliphatic carbocycles. The van der Waals surface area contributed by atoms with Gasteiger partial charge in [0.1, 0.15) is 5.00 Å². The number of aromatic nitrogens is 1. The average Bonchev–Trinajstić information content (AvgIpc) is 2.93. The van der Waals surface area contributed by atoms with Crippen LogP contribution in [0.5, 0.6) is 0 Å². The van der Waals surface area contributed by atoms with Gasteiger partial charge in [0.2, 0.25) is 0 Å². The minimum Gasteiger partial charge on any atom is -0.368 e. The molecule has 0 radical (unpaired) electrons. The van der Waals surface area contributed by atoms with E-state index in [1.807, 2.05) is 53.9 Å². The Hall–Kier alpha value is -2.51. The molecular weight excluding hydrogens is 342 g/mol. The van der Waals surface area contributed by atoms with Crippen LogP contribution in [-0.4, -0.2) is 23.6 Å². The summed E-state index contributed by atoms with van der Waals surface area (Å²) in [6.45, 7) is 0. The second kappa shape index (κ2) is 6.54. The summed E-state index contributed by atoms with van der Waals surface area (Å²) >= 11 is 7.09. The van der Waals surface area contributed by atoms with Gasteiger partial charge in [0, 0.05) is 37.5 Å². The normalized spacial score (nSPS) is 10.6. The summed E-state index contributed by atoms with van der Waals surface area (Å²) < 4.78 is 2.67. The first-order valence-electron chi connectivity index (χ1n) is 7.22. The number of hydrogen-bond acceptors (Lipinski definition) is 5. The standard InChI is InChI=1S/C17H15N3O2S2/c1-18(2)16-15(12-6-4-3-5-7-12)19(17(23)24-16)13-8-10-14(11-9-13)20(21)22/h3-11H,1-2H3. The molecule has 2 aromatic carbocycles. The van der Waals surface area contributed by atoms with Crippen molar-refractivity contribution in [2.24, 2.45) is 0 Å². The zero-order valence-electron chi connectivity index (χ0n) is 13.2. The number of rotatable bonds is 4. The molecule has 0 saturated heterocycles. The molecule has 0 aliphatic rings. The van der Waals surface area contributed by atoms with Crippen LogP contribution < -0.4 is 4.90 Å². The van der Waals surface area contributed by atoms with Crippen LogP contribution in [0.15, 0.2) is 54.6 Å². The predicted octanol–water partition coefficient (Wildman–Crippen LogP) is 4.91. The van der Waals surface area contributed by atoms with Crippen LogP contribution in [0.25, 0.3) is 16.9 Å². The average molecular weight is 357 g/mol. The molecule has 3 aromatic rings. The van der Waals surface area contributed by atoms with Crippen LogP contribution in [-0.2, 0) is 0 Å². The number of thiazole rings is 1. The maximum atomic E-state index is 10.9. The Morgan fingerprint density at radius 2 is 1.71 bits per heavy atom. The number of hydrogen-bond donors (Lipinski definition) is 0. The highest BCUT2D eigenvalue weighted by molar-refractivity contribution is 7.73. The summed E-state index contributed by atoms with van der Waals surface area (Å²) in [5.41, 5.74) is 2.92. The summed E-state index contributed by atoms with van der Waals surface area (Å²) in [5, 5.41) is 11.9. The molecule has 0 unspecified atom stereocenters. The lowest BCUT2D eigenvalue weighted by atomic mass is 10.1. The van der Waals surface area contributed by atoms with Gasteiger partial charge in [-0.1, -0.05) is 41.7 Å². The molecule has 0 spiro atoms. The Bertz CT molecular complexity index is 929. The van der Waals surface area contributed by atoms with E-state index in [9.17, 15) is 10.1 Å². The summed E-state index contributed by atoms with van der Waals surface area (Å²) in [4.78, 5) is 12.5. The highest BCUT2D eigenvalue weighted by Crippen LogP contribution is 2.38.